The second-order valence-electron chi connectivity index (χ2n) is 12.4. The average Bonchev–Trinajstić information content (AvgIpc) is 3.14. The van der Waals surface area contributed by atoms with Gasteiger partial charge in [-0.3, -0.25) is 9.97 Å². The maximum atomic E-state index is 13.4. The molecule has 2 nitrogen and oxygen atoms in total. The van der Waals surface area contributed by atoms with Crippen LogP contribution in [0.25, 0.3) is 21.8 Å². The molecule has 56 heavy (non-hydrogen) atoms. The predicted molar refractivity (Wildman–Crippen MR) is 194 cm³/mol. The number of pyridine rings is 2. The number of aromatic nitrogens is 2. The summed E-state index contributed by atoms with van der Waals surface area (Å²) in [7, 11) is -3.40. The van der Waals surface area contributed by atoms with E-state index in [0.29, 0.717) is 53.6 Å². The first-order chi connectivity index (χ1) is 26.3. The van der Waals surface area contributed by atoms with Gasteiger partial charge < -0.3 is 0 Å². The molecule has 0 fully saturated rings. The van der Waals surface area contributed by atoms with Crippen LogP contribution in [0.2, 0.25) is 0 Å². The lowest BCUT2D eigenvalue weighted by Gasteiger charge is -2.21. The van der Waals surface area contributed by atoms with Gasteiger partial charge in [-0.1, -0.05) is 60.7 Å². The van der Waals surface area contributed by atoms with E-state index in [1.54, 1.807) is 24.3 Å². The fourth-order valence-corrected chi connectivity index (χ4v) is 10.6. The number of halogens is 12. The van der Waals surface area contributed by atoms with Gasteiger partial charge in [0.15, 0.2) is 0 Å². The van der Waals surface area contributed by atoms with E-state index in [1.165, 1.54) is 60.9 Å². The van der Waals surface area contributed by atoms with E-state index in [0.717, 1.165) is 48.5 Å². The van der Waals surface area contributed by atoms with Crippen molar-refractivity contribution >= 4 is 69.5 Å². The van der Waals surface area contributed by atoms with Crippen LogP contribution in [0.1, 0.15) is 22.3 Å². The molecule has 286 valence electrons. The van der Waals surface area contributed by atoms with Crippen LogP contribution in [0.15, 0.2) is 134 Å². The largest absolute Gasteiger partial charge is 0.416 e. The van der Waals surface area contributed by atoms with E-state index in [-0.39, 0.29) is 0 Å². The van der Waals surface area contributed by atoms with Crippen LogP contribution in [-0.2, 0) is 24.7 Å². The Morgan fingerprint density at radius 2 is 0.536 bits per heavy atom. The molecule has 7 rings (SSSR count). The standard InChI is InChI=1S/C40H22F12N2P2/c41-37(42,43)25-3-11-29(12-4-25)55(30-13-5-26(6-14-30)38(44,45)46)33-19-23-1-2-24-20-34(22-54-36(24)35(23)53-21-33)56(31-15-7-27(8-16-31)39(47,48)49)32-17-9-28(10-18-32)40(50,51)52/h1-22H. The number of rotatable bonds is 6. The van der Waals surface area contributed by atoms with E-state index in [4.69, 9.17) is 0 Å². The molecule has 0 aliphatic carbocycles. The van der Waals surface area contributed by atoms with E-state index in [1.807, 2.05) is 0 Å². The molecule has 0 saturated carbocycles. The Bertz CT molecular complexity index is 2220. The van der Waals surface area contributed by atoms with Gasteiger partial charge in [-0.25, -0.2) is 0 Å². The minimum atomic E-state index is -4.61. The number of hydrogen-bond donors (Lipinski definition) is 0. The fourth-order valence-electron chi connectivity index (χ4n) is 6.11. The lowest BCUT2D eigenvalue weighted by molar-refractivity contribution is -0.138. The molecule has 7 aromatic rings. The first-order valence-electron chi connectivity index (χ1n) is 16.3. The molecular weight excluding hydrogens is 798 g/mol. The highest BCUT2D eigenvalue weighted by Gasteiger charge is 2.34. The van der Waals surface area contributed by atoms with Gasteiger partial charge in [0, 0.05) is 33.8 Å². The van der Waals surface area contributed by atoms with Crippen molar-refractivity contribution in [2.75, 3.05) is 0 Å². The van der Waals surface area contributed by atoms with Gasteiger partial charge >= 0.3 is 24.7 Å². The van der Waals surface area contributed by atoms with Crippen molar-refractivity contribution in [3.8, 4) is 0 Å². The Hall–Kier alpha value is -5.06. The third-order valence-electron chi connectivity index (χ3n) is 8.80. The summed E-state index contributed by atoms with van der Waals surface area (Å²) in [5.74, 6) is 0. The Morgan fingerprint density at radius 1 is 0.304 bits per heavy atom. The summed E-state index contributed by atoms with van der Waals surface area (Å²) in [4.78, 5) is 9.27. The minimum Gasteiger partial charge on any atom is -0.253 e. The van der Waals surface area contributed by atoms with Gasteiger partial charge in [0.1, 0.15) is 0 Å². The van der Waals surface area contributed by atoms with Crippen LogP contribution in [0, 0.1) is 0 Å². The molecule has 0 aliphatic heterocycles. The Labute approximate surface area is 312 Å². The van der Waals surface area contributed by atoms with E-state index in [9.17, 15) is 52.7 Å². The summed E-state index contributed by atoms with van der Waals surface area (Å²) in [5.41, 5.74) is -2.76. The molecule has 0 aliphatic rings. The van der Waals surface area contributed by atoms with Crippen LogP contribution >= 0.6 is 15.8 Å². The van der Waals surface area contributed by atoms with E-state index in [2.05, 4.69) is 9.97 Å². The lowest BCUT2D eigenvalue weighted by Crippen LogP contribution is -2.22. The molecule has 0 amide bonds. The maximum Gasteiger partial charge on any atom is 0.416 e. The molecule has 5 aromatic carbocycles. The average molecular weight is 821 g/mol. The van der Waals surface area contributed by atoms with Crippen molar-refractivity contribution in [1.82, 2.24) is 9.97 Å². The van der Waals surface area contributed by atoms with Gasteiger partial charge in [-0.15, -0.1) is 0 Å². The zero-order valence-corrected chi connectivity index (χ0v) is 29.8. The molecule has 0 spiro atoms. The molecular formula is C40H22F12N2P2. The zero-order valence-electron chi connectivity index (χ0n) is 28.0. The minimum absolute atomic E-state index is 0.404. The smallest absolute Gasteiger partial charge is 0.253 e. The summed E-state index contributed by atoms with van der Waals surface area (Å²) in [6.07, 6.45) is -15.5. The Morgan fingerprint density at radius 3 is 0.750 bits per heavy atom. The molecule has 16 heteroatoms. The predicted octanol–water partition coefficient (Wildman–Crippen LogP) is 10.4. The highest BCUT2D eigenvalue weighted by Crippen LogP contribution is 2.40. The number of benzene rings is 5. The van der Waals surface area contributed by atoms with Gasteiger partial charge in [0.2, 0.25) is 0 Å². The van der Waals surface area contributed by atoms with Gasteiger partial charge in [0.25, 0.3) is 0 Å². The van der Waals surface area contributed by atoms with Gasteiger partial charge in [0.05, 0.1) is 33.3 Å². The van der Waals surface area contributed by atoms with Crippen molar-refractivity contribution in [2.45, 2.75) is 24.7 Å². The summed E-state index contributed by atoms with van der Waals surface area (Å²) in [5, 5.41) is 3.86. The SMILES string of the molecule is FC(F)(F)c1ccc(P(c2ccc(C(F)(F)F)cc2)c2cnc3c(ccc4cc(P(c5ccc(C(F)(F)F)cc5)c5ccc(C(F)(F)F)cc5)cnc43)c2)cc1. The topological polar surface area (TPSA) is 25.8 Å². The molecule has 2 heterocycles. The summed E-state index contributed by atoms with van der Waals surface area (Å²) in [6, 6.07) is 24.4. The van der Waals surface area contributed by atoms with Crippen molar-refractivity contribution in [3.05, 3.63) is 156 Å². The van der Waals surface area contributed by atoms with Crippen LogP contribution in [-0.4, -0.2) is 9.97 Å². The zero-order chi connectivity index (χ0) is 40.2. The first kappa shape index (κ1) is 39.2. The highest BCUT2D eigenvalue weighted by atomic mass is 31.1. The first-order valence-corrected chi connectivity index (χ1v) is 18.9. The lowest BCUT2D eigenvalue weighted by atomic mass is 10.1. The quantitative estimate of drug-likeness (QED) is 0.0949. The fraction of sp³-hybridized carbons (Fsp3) is 0.100. The normalized spacial score (nSPS) is 13.0. The number of hydrogen-bond acceptors (Lipinski definition) is 2. The molecule has 0 radical (unpaired) electrons. The summed E-state index contributed by atoms with van der Waals surface area (Å²) < 4.78 is 161. The second kappa shape index (κ2) is 14.5. The van der Waals surface area contributed by atoms with Gasteiger partial charge in [-0.2, -0.15) is 52.7 Å². The van der Waals surface area contributed by atoms with Crippen LogP contribution in [0.4, 0.5) is 52.7 Å². The van der Waals surface area contributed by atoms with Crippen molar-refractivity contribution < 1.29 is 52.7 Å². The molecule has 0 unspecified atom stereocenters. The van der Waals surface area contributed by atoms with Crippen molar-refractivity contribution in [3.63, 3.8) is 0 Å². The van der Waals surface area contributed by atoms with Crippen molar-refractivity contribution in [2.24, 2.45) is 0 Å². The van der Waals surface area contributed by atoms with Crippen molar-refractivity contribution in [1.29, 1.82) is 0 Å². The third kappa shape index (κ3) is 8.09. The molecule has 0 atom stereocenters. The summed E-state index contributed by atoms with van der Waals surface area (Å²) >= 11 is 0. The van der Waals surface area contributed by atoms with Crippen LogP contribution in [0.3, 0.4) is 0 Å². The molecule has 0 bridgehead atoms. The van der Waals surface area contributed by atoms with Crippen LogP contribution < -0.4 is 31.8 Å². The maximum absolute atomic E-state index is 13.4. The second-order valence-corrected chi connectivity index (χ2v) is 16.9. The summed E-state index contributed by atoms with van der Waals surface area (Å²) in [6.45, 7) is 0. The third-order valence-corrected chi connectivity index (χ3v) is 13.6. The number of fused-ring (bicyclic) bond motifs is 3. The molecule has 0 N–H and O–H groups in total. The number of nitrogens with zero attached hydrogens (tertiary/aromatic N) is 2. The number of alkyl halides is 12. The van der Waals surface area contributed by atoms with Gasteiger partial charge in [-0.05, 0) is 97.7 Å². The van der Waals surface area contributed by atoms with Crippen LogP contribution in [0.5, 0.6) is 0 Å². The Balaban J connectivity index is 1.31. The molecule has 2 aromatic heterocycles. The van der Waals surface area contributed by atoms with E-state index < -0.39 is 62.8 Å². The Kier molecular flexibility index (Phi) is 10.1. The molecule has 0 saturated heterocycles. The van der Waals surface area contributed by atoms with E-state index >= 15 is 0 Å². The monoisotopic (exact) mass is 820 g/mol. The highest BCUT2D eigenvalue weighted by molar-refractivity contribution is 7.80.